The van der Waals surface area contributed by atoms with E-state index in [4.69, 9.17) is 0 Å². The smallest absolute Gasteiger partial charge is 0.274 e. The van der Waals surface area contributed by atoms with Gasteiger partial charge < -0.3 is 0 Å². The number of nitrogens with zero attached hydrogens (tertiary/aromatic N) is 6. The van der Waals surface area contributed by atoms with Gasteiger partial charge in [0.2, 0.25) is 10.0 Å². The largest absolute Gasteiger partial charge is 0.404 e. The molecule has 4 aromatic heterocycles. The van der Waals surface area contributed by atoms with Crippen molar-refractivity contribution < 1.29 is 26.0 Å². The molecule has 4 aromatic rings. The third-order valence-corrected chi connectivity index (χ3v) is 6.30. The molecule has 1 unspecified atom stereocenters. The van der Waals surface area contributed by atoms with Gasteiger partial charge in [0.25, 0.3) is 0 Å². The van der Waals surface area contributed by atoms with Crippen molar-refractivity contribution in [3.63, 3.8) is 0 Å². The lowest BCUT2D eigenvalue weighted by Crippen LogP contribution is -2.42. The van der Waals surface area contributed by atoms with Crippen LogP contribution in [-0.2, 0) is 10.0 Å². The molecule has 0 aliphatic heterocycles. The van der Waals surface area contributed by atoms with Crippen LogP contribution in [0.2, 0.25) is 0 Å². The third-order valence-electron chi connectivity index (χ3n) is 4.78. The summed E-state index contributed by atoms with van der Waals surface area (Å²) < 4.78 is 79.9. The van der Waals surface area contributed by atoms with Crippen molar-refractivity contribution in [2.24, 2.45) is 0 Å². The Morgan fingerprint density at radius 2 is 1.88 bits per heavy atom. The van der Waals surface area contributed by atoms with E-state index in [0.717, 1.165) is 24.5 Å². The molecule has 1 atom stereocenters. The first-order valence-corrected chi connectivity index (χ1v) is 10.9. The molecule has 1 N–H and O–H groups in total. The van der Waals surface area contributed by atoms with Crippen molar-refractivity contribution >= 4 is 21.1 Å². The van der Waals surface area contributed by atoms with Gasteiger partial charge >= 0.3 is 6.18 Å². The zero-order chi connectivity index (χ0) is 24.7. The average Bonchev–Trinajstić information content (AvgIpc) is 3.12. The number of hydrogen-bond acceptors (Lipinski definition) is 7. The first-order valence-electron chi connectivity index (χ1n) is 9.45. The number of halogens is 4. The van der Waals surface area contributed by atoms with E-state index >= 15 is 0 Å². The zero-order valence-electron chi connectivity index (χ0n) is 17.1. The SMILES string of the molecule is CC(NS(=O)(=O)c1ccc(-c2c(C#N)c3cc(F)cnc3n2-c2cnccn2)nc1)C(F)(F)F. The summed E-state index contributed by atoms with van der Waals surface area (Å²) >= 11 is 0. The summed E-state index contributed by atoms with van der Waals surface area (Å²) in [5.41, 5.74) is 0.354. The van der Waals surface area contributed by atoms with E-state index in [9.17, 15) is 31.2 Å². The van der Waals surface area contributed by atoms with Gasteiger partial charge in [-0.15, -0.1) is 0 Å². The molecule has 0 radical (unpaired) electrons. The number of rotatable bonds is 5. The topological polar surface area (TPSA) is 126 Å². The minimum Gasteiger partial charge on any atom is -0.274 e. The molecule has 0 aliphatic rings. The predicted molar refractivity (Wildman–Crippen MR) is 110 cm³/mol. The van der Waals surface area contributed by atoms with Crippen molar-refractivity contribution in [3.05, 3.63) is 60.6 Å². The summed E-state index contributed by atoms with van der Waals surface area (Å²) in [7, 11) is -4.54. The van der Waals surface area contributed by atoms with Crippen molar-refractivity contribution in [1.82, 2.24) is 29.2 Å². The highest BCUT2D eigenvalue weighted by molar-refractivity contribution is 7.89. The molecule has 0 saturated heterocycles. The van der Waals surface area contributed by atoms with Gasteiger partial charge in [-0.1, -0.05) is 0 Å². The third kappa shape index (κ3) is 4.18. The highest BCUT2D eigenvalue weighted by atomic mass is 32.2. The number of fused-ring (bicyclic) bond motifs is 1. The van der Waals surface area contributed by atoms with Crippen LogP contribution < -0.4 is 4.72 Å². The normalized spacial score (nSPS) is 13.1. The van der Waals surface area contributed by atoms with Gasteiger partial charge in [0, 0.05) is 24.0 Å². The van der Waals surface area contributed by atoms with Crippen LogP contribution in [0.15, 0.2) is 54.1 Å². The first-order chi connectivity index (χ1) is 16.0. The fourth-order valence-corrected chi connectivity index (χ4v) is 4.35. The maximum absolute atomic E-state index is 13.9. The second-order valence-corrected chi connectivity index (χ2v) is 8.74. The Bertz CT molecular complexity index is 1510. The number of sulfonamides is 1. The first kappa shape index (κ1) is 23.2. The fraction of sp³-hybridized carbons (Fsp3) is 0.150. The van der Waals surface area contributed by atoms with Gasteiger partial charge in [-0.3, -0.25) is 14.5 Å². The van der Waals surface area contributed by atoms with Gasteiger partial charge in [-0.05, 0) is 25.1 Å². The standard InChI is InChI=1S/C20H13F4N7O2S/c1-11(20(22,23)24)30-34(32,33)13-2-3-16(28-9-13)18-15(7-25)14-6-12(21)8-29-19(14)31(18)17-10-26-4-5-27-17/h2-6,8-11,30H,1H3. The number of aromatic nitrogens is 5. The number of nitriles is 1. The maximum atomic E-state index is 13.9. The Morgan fingerprint density at radius 1 is 1.12 bits per heavy atom. The van der Waals surface area contributed by atoms with Gasteiger partial charge in [0.1, 0.15) is 28.5 Å². The van der Waals surface area contributed by atoms with E-state index in [0.29, 0.717) is 6.92 Å². The molecule has 4 heterocycles. The highest BCUT2D eigenvalue weighted by Gasteiger charge is 2.39. The van der Waals surface area contributed by atoms with Crippen LogP contribution in [0.5, 0.6) is 0 Å². The summed E-state index contributed by atoms with van der Waals surface area (Å²) in [5, 5.41) is 9.95. The maximum Gasteiger partial charge on any atom is 0.404 e. The van der Waals surface area contributed by atoms with Crippen LogP contribution >= 0.6 is 0 Å². The molecule has 0 aromatic carbocycles. The lowest BCUT2D eigenvalue weighted by atomic mass is 10.1. The molecule has 0 spiro atoms. The Hall–Kier alpha value is -3.96. The molecule has 34 heavy (non-hydrogen) atoms. The average molecular weight is 491 g/mol. The molecule has 4 rings (SSSR count). The number of pyridine rings is 2. The quantitative estimate of drug-likeness (QED) is 0.425. The van der Waals surface area contributed by atoms with Gasteiger partial charge in [0.05, 0.1) is 29.3 Å². The molecule has 174 valence electrons. The van der Waals surface area contributed by atoms with Crippen molar-refractivity contribution in [2.75, 3.05) is 0 Å². The van der Waals surface area contributed by atoms with E-state index in [2.05, 4.69) is 19.9 Å². The Morgan fingerprint density at radius 3 is 2.47 bits per heavy atom. The number of nitrogens with one attached hydrogen (secondary N) is 1. The van der Waals surface area contributed by atoms with E-state index in [1.807, 2.05) is 6.07 Å². The molecular formula is C20H13F4N7O2S. The Balaban J connectivity index is 1.87. The van der Waals surface area contributed by atoms with E-state index in [-0.39, 0.29) is 33.8 Å². The van der Waals surface area contributed by atoms with Crippen LogP contribution in [0.3, 0.4) is 0 Å². The molecule has 0 saturated carbocycles. The summed E-state index contributed by atoms with van der Waals surface area (Å²) in [5.74, 6) is -0.464. The molecule has 0 fully saturated rings. The Labute approximate surface area is 189 Å². The number of hydrogen-bond donors (Lipinski definition) is 1. The minimum atomic E-state index is -4.78. The van der Waals surface area contributed by atoms with Crippen molar-refractivity contribution in [2.45, 2.75) is 24.0 Å². The van der Waals surface area contributed by atoms with E-state index in [1.165, 1.54) is 33.9 Å². The molecule has 0 aliphatic carbocycles. The molecule has 9 nitrogen and oxygen atoms in total. The molecule has 14 heteroatoms. The van der Waals surface area contributed by atoms with Crippen LogP contribution in [0.4, 0.5) is 17.6 Å². The molecule has 0 amide bonds. The second-order valence-electron chi connectivity index (χ2n) is 7.02. The van der Waals surface area contributed by atoms with Gasteiger partial charge in [0.15, 0.2) is 5.82 Å². The molecular weight excluding hydrogens is 478 g/mol. The van der Waals surface area contributed by atoms with Crippen LogP contribution in [-0.4, -0.2) is 45.1 Å². The highest BCUT2D eigenvalue weighted by Crippen LogP contribution is 2.34. The van der Waals surface area contributed by atoms with Gasteiger partial charge in [-0.25, -0.2) is 22.8 Å². The van der Waals surface area contributed by atoms with Crippen molar-refractivity contribution in [3.8, 4) is 23.3 Å². The van der Waals surface area contributed by atoms with Gasteiger partial charge in [-0.2, -0.15) is 23.2 Å². The van der Waals surface area contributed by atoms with Crippen molar-refractivity contribution in [1.29, 1.82) is 5.26 Å². The number of alkyl halides is 3. The van der Waals surface area contributed by atoms with Crippen LogP contribution in [0.1, 0.15) is 12.5 Å². The lowest BCUT2D eigenvalue weighted by Gasteiger charge is -2.17. The summed E-state index contributed by atoms with van der Waals surface area (Å²) in [6, 6.07) is 3.02. The summed E-state index contributed by atoms with van der Waals surface area (Å²) in [4.78, 5) is 15.8. The van der Waals surface area contributed by atoms with Crippen LogP contribution in [0.25, 0.3) is 28.2 Å². The van der Waals surface area contributed by atoms with E-state index in [1.54, 1.807) is 0 Å². The zero-order valence-corrected chi connectivity index (χ0v) is 17.9. The van der Waals surface area contributed by atoms with Crippen LogP contribution in [0, 0.1) is 17.1 Å². The monoisotopic (exact) mass is 491 g/mol. The Kier molecular flexibility index (Phi) is 5.75. The minimum absolute atomic E-state index is 0.0143. The summed E-state index contributed by atoms with van der Waals surface area (Å²) in [6.07, 6.45) is 1.21. The fourth-order valence-electron chi connectivity index (χ4n) is 3.17. The molecule has 0 bridgehead atoms. The van der Waals surface area contributed by atoms with E-state index < -0.39 is 33.0 Å². The lowest BCUT2D eigenvalue weighted by molar-refractivity contribution is -0.147. The predicted octanol–water partition coefficient (Wildman–Crippen LogP) is 3.12. The second kappa shape index (κ2) is 8.43. The summed E-state index contributed by atoms with van der Waals surface area (Å²) in [6.45, 7) is 0.671.